The maximum Gasteiger partial charge on any atom is 0.254 e. The molecule has 7 nitrogen and oxygen atoms in total. The summed E-state index contributed by atoms with van der Waals surface area (Å²) in [7, 11) is 0. The van der Waals surface area contributed by atoms with Crippen molar-refractivity contribution in [2.45, 2.75) is 19.4 Å². The van der Waals surface area contributed by atoms with Gasteiger partial charge in [0, 0.05) is 24.1 Å². The largest absolute Gasteiger partial charge is 0.464 e. The van der Waals surface area contributed by atoms with E-state index in [1.165, 1.54) is 0 Å². The monoisotopic (exact) mass is 352 g/mol. The van der Waals surface area contributed by atoms with Gasteiger partial charge in [-0.05, 0) is 24.3 Å². The number of benzene rings is 1. The van der Waals surface area contributed by atoms with Gasteiger partial charge in [0.25, 0.3) is 5.91 Å². The Morgan fingerprint density at radius 2 is 2.12 bits per heavy atom. The predicted molar refractivity (Wildman–Crippen MR) is 94.5 cm³/mol. The first kappa shape index (κ1) is 16.5. The lowest BCUT2D eigenvalue weighted by Gasteiger charge is -2.34. The van der Waals surface area contributed by atoms with Crippen LogP contribution in [0.3, 0.4) is 0 Å². The molecule has 134 valence electrons. The number of aromatic nitrogens is 3. The number of nitrogens with zero attached hydrogens (tertiary/aromatic N) is 3. The molecule has 1 fully saturated rings. The van der Waals surface area contributed by atoms with Gasteiger partial charge in [-0.25, -0.2) is 0 Å². The van der Waals surface area contributed by atoms with E-state index in [4.69, 9.17) is 9.15 Å². The van der Waals surface area contributed by atoms with Crippen molar-refractivity contribution in [2.24, 2.45) is 0 Å². The summed E-state index contributed by atoms with van der Waals surface area (Å²) in [5.74, 6) is 1.66. The molecular weight excluding hydrogens is 332 g/mol. The van der Waals surface area contributed by atoms with Gasteiger partial charge in [-0.1, -0.05) is 19.1 Å². The second-order valence-electron chi connectivity index (χ2n) is 6.18. The minimum atomic E-state index is -0.202. The SMILES string of the molecule is CCc1ccc(C2COCCN2C(=O)c2ccc(-c3cn[nH]n3)cc2)o1. The van der Waals surface area contributed by atoms with Crippen LogP contribution in [0.1, 0.15) is 34.8 Å². The lowest BCUT2D eigenvalue weighted by molar-refractivity contribution is -0.00901. The lowest BCUT2D eigenvalue weighted by Crippen LogP contribution is -2.43. The van der Waals surface area contributed by atoms with Crippen LogP contribution in [0.2, 0.25) is 0 Å². The molecule has 2 aromatic heterocycles. The van der Waals surface area contributed by atoms with Crippen LogP contribution in [0.15, 0.2) is 47.0 Å². The highest BCUT2D eigenvalue weighted by atomic mass is 16.5. The minimum absolute atomic E-state index is 0.0283. The Labute approximate surface area is 151 Å². The Morgan fingerprint density at radius 1 is 1.27 bits per heavy atom. The first-order valence-corrected chi connectivity index (χ1v) is 8.70. The fourth-order valence-electron chi connectivity index (χ4n) is 3.14. The summed E-state index contributed by atoms with van der Waals surface area (Å²) in [6.45, 7) is 3.55. The number of carbonyl (C=O) groups is 1. The van der Waals surface area contributed by atoms with Crippen molar-refractivity contribution in [3.8, 4) is 11.3 Å². The number of carbonyl (C=O) groups excluding carboxylic acids is 1. The van der Waals surface area contributed by atoms with Crippen molar-refractivity contribution in [3.63, 3.8) is 0 Å². The third-order valence-corrected chi connectivity index (χ3v) is 4.59. The average molecular weight is 352 g/mol. The summed E-state index contributed by atoms with van der Waals surface area (Å²) < 4.78 is 11.5. The molecule has 3 heterocycles. The fraction of sp³-hybridized carbons (Fsp3) is 0.316. The molecule has 1 amide bonds. The number of rotatable bonds is 4. The summed E-state index contributed by atoms with van der Waals surface area (Å²) in [4.78, 5) is 14.9. The molecule has 1 aliphatic heterocycles. The third-order valence-electron chi connectivity index (χ3n) is 4.59. The second-order valence-corrected chi connectivity index (χ2v) is 6.18. The number of H-pyrrole nitrogens is 1. The summed E-state index contributed by atoms with van der Waals surface area (Å²) in [5.41, 5.74) is 2.29. The molecule has 4 rings (SSSR count). The van der Waals surface area contributed by atoms with Gasteiger partial charge in [0.1, 0.15) is 23.3 Å². The van der Waals surface area contributed by atoms with Gasteiger partial charge in [0.15, 0.2) is 0 Å². The van der Waals surface area contributed by atoms with Crippen LogP contribution in [0, 0.1) is 0 Å². The number of amides is 1. The van der Waals surface area contributed by atoms with Gasteiger partial charge in [-0.3, -0.25) is 4.79 Å². The molecule has 0 radical (unpaired) electrons. The van der Waals surface area contributed by atoms with E-state index in [0.29, 0.717) is 25.3 Å². The van der Waals surface area contributed by atoms with Gasteiger partial charge in [-0.2, -0.15) is 15.4 Å². The molecule has 1 saturated heterocycles. The normalized spacial score (nSPS) is 17.4. The highest BCUT2D eigenvalue weighted by Gasteiger charge is 2.31. The predicted octanol–water partition coefficient (Wildman–Crippen LogP) is 2.84. The van der Waals surface area contributed by atoms with E-state index in [9.17, 15) is 4.79 Å². The van der Waals surface area contributed by atoms with Gasteiger partial charge in [-0.15, -0.1) is 0 Å². The summed E-state index contributed by atoms with van der Waals surface area (Å²) >= 11 is 0. The van der Waals surface area contributed by atoms with E-state index < -0.39 is 0 Å². The van der Waals surface area contributed by atoms with E-state index in [-0.39, 0.29) is 11.9 Å². The molecule has 0 aliphatic carbocycles. The van der Waals surface area contributed by atoms with E-state index >= 15 is 0 Å². The minimum Gasteiger partial charge on any atom is -0.464 e. The van der Waals surface area contributed by atoms with E-state index in [0.717, 1.165) is 29.2 Å². The fourth-order valence-corrected chi connectivity index (χ4v) is 3.14. The lowest BCUT2D eigenvalue weighted by atomic mass is 10.1. The number of hydrogen-bond acceptors (Lipinski definition) is 5. The number of morpholine rings is 1. The molecule has 0 spiro atoms. The molecule has 1 N–H and O–H groups in total. The second kappa shape index (κ2) is 7.13. The molecule has 1 atom stereocenters. The van der Waals surface area contributed by atoms with Crippen LogP contribution >= 0.6 is 0 Å². The highest BCUT2D eigenvalue weighted by Crippen LogP contribution is 2.28. The number of aromatic amines is 1. The topological polar surface area (TPSA) is 84.2 Å². The van der Waals surface area contributed by atoms with Crippen LogP contribution in [-0.2, 0) is 11.2 Å². The van der Waals surface area contributed by atoms with Crippen molar-refractivity contribution >= 4 is 5.91 Å². The summed E-state index contributed by atoms with van der Waals surface area (Å²) in [6, 6.07) is 11.1. The maximum absolute atomic E-state index is 13.1. The van der Waals surface area contributed by atoms with E-state index in [2.05, 4.69) is 15.4 Å². The Morgan fingerprint density at radius 3 is 2.81 bits per heavy atom. The molecular formula is C19H20N4O3. The van der Waals surface area contributed by atoms with Gasteiger partial charge < -0.3 is 14.1 Å². The highest BCUT2D eigenvalue weighted by molar-refractivity contribution is 5.95. The zero-order valence-electron chi connectivity index (χ0n) is 14.5. The first-order chi connectivity index (χ1) is 12.8. The standard InChI is InChI=1S/C19H20N4O3/c1-2-15-7-8-18(26-15)17-12-25-10-9-23(17)19(24)14-5-3-13(4-6-14)16-11-20-22-21-16/h3-8,11,17H,2,9-10,12H2,1H3,(H,20,21,22). The van der Waals surface area contributed by atoms with Crippen LogP contribution < -0.4 is 0 Å². The molecule has 3 aromatic rings. The quantitative estimate of drug-likeness (QED) is 0.780. The Bertz CT molecular complexity index is 871. The van der Waals surface area contributed by atoms with Gasteiger partial charge in [0.2, 0.25) is 0 Å². The van der Waals surface area contributed by atoms with Crippen molar-refractivity contribution < 1.29 is 13.9 Å². The van der Waals surface area contributed by atoms with Gasteiger partial charge >= 0.3 is 0 Å². The van der Waals surface area contributed by atoms with Crippen molar-refractivity contribution in [1.29, 1.82) is 0 Å². The zero-order valence-corrected chi connectivity index (χ0v) is 14.5. The summed E-state index contributed by atoms with van der Waals surface area (Å²) in [5, 5.41) is 10.4. The number of hydrogen-bond donors (Lipinski definition) is 1. The van der Waals surface area contributed by atoms with Crippen LogP contribution in [0.25, 0.3) is 11.3 Å². The van der Waals surface area contributed by atoms with Crippen molar-refractivity contribution in [2.75, 3.05) is 19.8 Å². The van der Waals surface area contributed by atoms with Crippen LogP contribution in [-0.4, -0.2) is 46.0 Å². The van der Waals surface area contributed by atoms with Crippen molar-refractivity contribution in [3.05, 3.63) is 59.7 Å². The number of ether oxygens (including phenoxy) is 1. The molecule has 7 heteroatoms. The van der Waals surface area contributed by atoms with E-state index in [1.54, 1.807) is 6.20 Å². The first-order valence-electron chi connectivity index (χ1n) is 8.70. The zero-order chi connectivity index (χ0) is 17.9. The van der Waals surface area contributed by atoms with Crippen LogP contribution in [0.4, 0.5) is 0 Å². The number of furan rings is 1. The van der Waals surface area contributed by atoms with Crippen molar-refractivity contribution in [1.82, 2.24) is 20.3 Å². The smallest absolute Gasteiger partial charge is 0.254 e. The Kier molecular flexibility index (Phi) is 4.53. The Balaban J connectivity index is 1.56. The van der Waals surface area contributed by atoms with E-state index in [1.807, 2.05) is 48.2 Å². The molecule has 1 unspecified atom stereocenters. The Hall–Kier alpha value is -2.93. The molecule has 0 saturated carbocycles. The molecule has 0 bridgehead atoms. The molecule has 1 aliphatic rings. The molecule has 26 heavy (non-hydrogen) atoms. The third kappa shape index (κ3) is 3.13. The number of nitrogens with one attached hydrogen (secondary N) is 1. The summed E-state index contributed by atoms with van der Waals surface area (Å²) in [6.07, 6.45) is 2.47. The molecule has 1 aromatic carbocycles. The van der Waals surface area contributed by atoms with Crippen LogP contribution in [0.5, 0.6) is 0 Å². The average Bonchev–Trinajstić information content (AvgIpc) is 3.39. The van der Waals surface area contributed by atoms with Gasteiger partial charge in [0.05, 0.1) is 19.4 Å². The maximum atomic E-state index is 13.1. The number of aryl methyl sites for hydroxylation is 1.